The molecule has 0 saturated carbocycles. The minimum absolute atomic E-state index is 0.451. The molecule has 0 saturated heterocycles. The molecule has 29 heavy (non-hydrogen) atoms. The van der Waals surface area contributed by atoms with Gasteiger partial charge < -0.3 is 0 Å². The summed E-state index contributed by atoms with van der Waals surface area (Å²) in [5, 5.41) is 4.29. The Hall–Kier alpha value is -0.821. The summed E-state index contributed by atoms with van der Waals surface area (Å²) in [6.45, 7) is 8.64. The zero-order chi connectivity index (χ0) is 21.3. The molecule has 1 aromatic heterocycles. The molecule has 0 spiro atoms. The van der Waals surface area contributed by atoms with Gasteiger partial charge in [-0.2, -0.15) is 0 Å². The first kappa shape index (κ1) is 24.4. The van der Waals surface area contributed by atoms with Crippen molar-refractivity contribution in [1.29, 1.82) is 0 Å². The summed E-state index contributed by atoms with van der Waals surface area (Å²) < 4.78 is 30.4. The maximum atomic E-state index is 11.3. The Bertz CT molecular complexity index is 785. The Balaban J connectivity index is 2.32. The van der Waals surface area contributed by atoms with Crippen molar-refractivity contribution in [3.05, 3.63) is 42.2 Å². The van der Waals surface area contributed by atoms with Gasteiger partial charge >= 0.3 is 184 Å². The molecule has 0 aliphatic carbocycles. The molecule has 2 aromatic rings. The van der Waals surface area contributed by atoms with Crippen LogP contribution in [0.1, 0.15) is 77.0 Å². The van der Waals surface area contributed by atoms with Gasteiger partial charge in [-0.15, -0.1) is 0 Å². The van der Waals surface area contributed by atoms with E-state index in [0.29, 0.717) is 0 Å². The first-order chi connectivity index (χ1) is 14.0. The van der Waals surface area contributed by atoms with Crippen LogP contribution in [0.5, 0.6) is 0 Å². The molecule has 0 aliphatic heterocycles. The average molecular weight is 525 g/mol. The molecule has 2 rings (SSSR count). The first-order valence-corrected chi connectivity index (χ1v) is 20.0. The quantitative estimate of drug-likeness (QED) is 0.274. The predicted octanol–water partition coefficient (Wildman–Crippen LogP) is 5.60. The van der Waals surface area contributed by atoms with Crippen LogP contribution in [0.25, 0.3) is 5.69 Å². The SMILES string of the molecule is CCC[CH2][Sn]([CH2]CCC)([CH2]CCC)[c]1cnn(-c2ccc(C(C)[SH](=O)=O)cc2)c1. The van der Waals surface area contributed by atoms with Crippen molar-refractivity contribution in [2.24, 2.45) is 0 Å². The molecule has 1 heterocycles. The number of hydrogen-bond donors (Lipinski definition) is 1. The summed E-state index contributed by atoms with van der Waals surface area (Å²) >= 11 is -2.46. The maximum absolute atomic E-state index is 11.3. The summed E-state index contributed by atoms with van der Waals surface area (Å²) in [5.74, 6) is 0. The summed E-state index contributed by atoms with van der Waals surface area (Å²) in [4.78, 5) is 0. The number of thiol groups is 1. The second-order valence-electron chi connectivity index (χ2n) is 8.32. The van der Waals surface area contributed by atoms with E-state index in [1.54, 1.807) is 10.5 Å². The number of aromatic nitrogens is 2. The Morgan fingerprint density at radius 3 is 1.90 bits per heavy atom. The van der Waals surface area contributed by atoms with Crippen LogP contribution in [0, 0.1) is 0 Å². The summed E-state index contributed by atoms with van der Waals surface area (Å²) in [5.41, 5.74) is 1.84. The van der Waals surface area contributed by atoms with Gasteiger partial charge in [-0.1, -0.05) is 0 Å². The molecular weight excluding hydrogens is 487 g/mol. The minimum atomic E-state index is -2.46. The van der Waals surface area contributed by atoms with Crippen molar-refractivity contribution in [2.45, 2.75) is 84.8 Å². The second kappa shape index (κ2) is 12.1. The third-order valence-corrected chi connectivity index (χ3v) is 22.6. The third-order valence-electron chi connectivity index (χ3n) is 6.18. The van der Waals surface area contributed by atoms with Crippen LogP contribution in [0.2, 0.25) is 13.3 Å². The predicted molar refractivity (Wildman–Crippen MR) is 127 cm³/mol. The van der Waals surface area contributed by atoms with E-state index in [9.17, 15) is 8.42 Å². The number of hydrogen-bond acceptors (Lipinski definition) is 3. The van der Waals surface area contributed by atoms with Crippen molar-refractivity contribution < 1.29 is 8.42 Å². The van der Waals surface area contributed by atoms with Crippen molar-refractivity contribution in [3.63, 3.8) is 0 Å². The normalized spacial score (nSPS) is 13.1. The van der Waals surface area contributed by atoms with E-state index in [0.717, 1.165) is 11.3 Å². The van der Waals surface area contributed by atoms with Crippen molar-refractivity contribution in [3.8, 4) is 5.69 Å². The van der Waals surface area contributed by atoms with E-state index in [1.807, 2.05) is 28.9 Å². The standard InChI is InChI=1S/C11H11N2O2S.3C4H9.Sn/c1-9(16(14)15)10-3-5-11(6-4-10)13-8-2-7-12-13;3*1-3-4-2;/h3-9,16H,1H3;3*1,3-4H2,2H3;. The fourth-order valence-corrected chi connectivity index (χ4v) is 20.0. The second-order valence-corrected chi connectivity index (χ2v) is 22.9. The molecule has 6 heteroatoms. The molecule has 162 valence electrons. The molecule has 4 nitrogen and oxygen atoms in total. The van der Waals surface area contributed by atoms with E-state index in [2.05, 4.69) is 33.2 Å². The molecule has 0 amide bonds. The number of benzene rings is 1. The fraction of sp³-hybridized carbons (Fsp3) is 0.609. The van der Waals surface area contributed by atoms with Crippen LogP contribution in [0.15, 0.2) is 36.7 Å². The van der Waals surface area contributed by atoms with Crippen LogP contribution in [-0.2, 0) is 10.7 Å². The molecule has 0 N–H and O–H groups in total. The van der Waals surface area contributed by atoms with Gasteiger partial charge in [0.2, 0.25) is 0 Å². The number of unbranched alkanes of at least 4 members (excludes halogenated alkanes) is 3. The monoisotopic (exact) mass is 526 g/mol. The van der Waals surface area contributed by atoms with Crippen LogP contribution < -0.4 is 3.58 Å². The van der Waals surface area contributed by atoms with Gasteiger partial charge in [-0.25, -0.2) is 0 Å². The van der Waals surface area contributed by atoms with E-state index >= 15 is 0 Å². The molecule has 0 bridgehead atoms. The Morgan fingerprint density at radius 1 is 0.931 bits per heavy atom. The molecule has 0 fully saturated rings. The Kier molecular flexibility index (Phi) is 10.2. The molecule has 0 radical (unpaired) electrons. The van der Waals surface area contributed by atoms with E-state index < -0.39 is 34.3 Å². The van der Waals surface area contributed by atoms with Gasteiger partial charge in [0, 0.05) is 0 Å². The number of rotatable bonds is 13. The van der Waals surface area contributed by atoms with Crippen LogP contribution in [-0.4, -0.2) is 36.6 Å². The first-order valence-electron chi connectivity index (χ1n) is 11.3. The Morgan fingerprint density at radius 2 is 1.45 bits per heavy atom. The zero-order valence-electron chi connectivity index (χ0n) is 18.6. The molecule has 1 atom stereocenters. The van der Waals surface area contributed by atoms with Crippen molar-refractivity contribution >= 4 is 32.7 Å². The van der Waals surface area contributed by atoms with Crippen molar-refractivity contribution in [1.82, 2.24) is 9.78 Å². The fourth-order valence-electron chi connectivity index (χ4n) is 4.12. The van der Waals surface area contributed by atoms with Crippen LogP contribution in [0.3, 0.4) is 0 Å². The van der Waals surface area contributed by atoms with E-state index in [1.165, 1.54) is 51.8 Å². The molecular formula is C23H38N2O2SSn. The van der Waals surface area contributed by atoms with Gasteiger partial charge in [0.05, 0.1) is 0 Å². The summed E-state index contributed by atoms with van der Waals surface area (Å²) in [7, 11) is -2.45. The molecule has 1 unspecified atom stereocenters. The summed E-state index contributed by atoms with van der Waals surface area (Å²) in [6, 6.07) is 7.80. The topological polar surface area (TPSA) is 52.0 Å². The summed E-state index contributed by atoms with van der Waals surface area (Å²) in [6.07, 6.45) is 12.3. The zero-order valence-corrected chi connectivity index (χ0v) is 22.3. The molecule has 1 aromatic carbocycles. The van der Waals surface area contributed by atoms with Gasteiger partial charge in [0.1, 0.15) is 0 Å². The van der Waals surface area contributed by atoms with Gasteiger partial charge in [-0.3, -0.25) is 0 Å². The van der Waals surface area contributed by atoms with E-state index in [4.69, 9.17) is 5.10 Å². The van der Waals surface area contributed by atoms with Crippen LogP contribution in [0.4, 0.5) is 0 Å². The Labute approximate surface area is 182 Å². The van der Waals surface area contributed by atoms with Crippen LogP contribution >= 0.6 is 0 Å². The van der Waals surface area contributed by atoms with E-state index in [-0.39, 0.29) is 0 Å². The number of nitrogens with zero attached hydrogens (tertiary/aromatic N) is 2. The van der Waals surface area contributed by atoms with Crippen molar-refractivity contribution in [2.75, 3.05) is 0 Å². The average Bonchev–Trinajstić information content (AvgIpc) is 3.24. The van der Waals surface area contributed by atoms with Gasteiger partial charge in [0.15, 0.2) is 0 Å². The third kappa shape index (κ3) is 6.58. The molecule has 0 aliphatic rings. The van der Waals surface area contributed by atoms with Gasteiger partial charge in [0.25, 0.3) is 0 Å². The van der Waals surface area contributed by atoms with Gasteiger partial charge in [-0.05, 0) is 0 Å².